The molecule has 6 heteroatoms. The molecule has 2 amide bonds. The number of nitrogens with zero attached hydrogens (tertiary/aromatic N) is 1. The van der Waals surface area contributed by atoms with Crippen molar-refractivity contribution >= 4 is 45.0 Å². The van der Waals surface area contributed by atoms with Crippen molar-refractivity contribution in [1.29, 1.82) is 0 Å². The quantitative estimate of drug-likeness (QED) is 0.485. The van der Waals surface area contributed by atoms with E-state index >= 15 is 0 Å². The van der Waals surface area contributed by atoms with Gasteiger partial charge >= 0.3 is 0 Å². The Labute approximate surface area is 178 Å². The summed E-state index contributed by atoms with van der Waals surface area (Å²) in [6.45, 7) is 0.0709. The molecule has 154 valence electrons. The summed E-state index contributed by atoms with van der Waals surface area (Å²) >= 11 is 0. The van der Waals surface area contributed by atoms with E-state index in [-0.39, 0.29) is 29.7 Å². The molecule has 6 nitrogen and oxygen atoms in total. The van der Waals surface area contributed by atoms with Crippen LogP contribution in [0.1, 0.15) is 12.8 Å². The van der Waals surface area contributed by atoms with Gasteiger partial charge in [-0.1, -0.05) is 24.3 Å². The van der Waals surface area contributed by atoms with Gasteiger partial charge in [-0.15, -0.1) is 0 Å². The number of amides is 2. The minimum atomic E-state index is -0.200. The van der Waals surface area contributed by atoms with Gasteiger partial charge < -0.3 is 15.2 Å². The van der Waals surface area contributed by atoms with E-state index in [1.807, 2.05) is 41.0 Å². The van der Waals surface area contributed by atoms with E-state index in [1.54, 1.807) is 36.4 Å². The highest BCUT2D eigenvalue weighted by Gasteiger charge is 2.29. The van der Waals surface area contributed by atoms with E-state index in [2.05, 4.69) is 10.6 Å². The average Bonchev–Trinajstić information content (AvgIpc) is 3.64. The molecule has 1 heterocycles. The lowest BCUT2D eigenvalue weighted by Crippen LogP contribution is -2.21. The van der Waals surface area contributed by atoms with Crippen molar-refractivity contribution in [3.63, 3.8) is 0 Å². The maximum absolute atomic E-state index is 12.8. The van der Waals surface area contributed by atoms with Gasteiger partial charge in [-0.25, -0.2) is 0 Å². The van der Waals surface area contributed by atoms with E-state index in [1.165, 1.54) is 0 Å². The van der Waals surface area contributed by atoms with Crippen molar-refractivity contribution in [2.75, 3.05) is 10.6 Å². The van der Waals surface area contributed by atoms with Gasteiger partial charge in [-0.3, -0.25) is 14.4 Å². The topological polar surface area (TPSA) is 80.2 Å². The molecule has 1 aromatic heterocycles. The van der Waals surface area contributed by atoms with Crippen LogP contribution in [0.5, 0.6) is 0 Å². The van der Waals surface area contributed by atoms with Crippen LogP contribution in [0.15, 0.2) is 77.6 Å². The van der Waals surface area contributed by atoms with Gasteiger partial charge in [0.1, 0.15) is 6.54 Å². The van der Waals surface area contributed by atoms with E-state index in [4.69, 9.17) is 0 Å². The smallest absolute Gasteiger partial charge is 0.244 e. The van der Waals surface area contributed by atoms with Crippen molar-refractivity contribution in [2.45, 2.75) is 19.4 Å². The number of aromatic nitrogens is 1. The lowest BCUT2D eigenvalue weighted by Gasteiger charge is -2.15. The van der Waals surface area contributed by atoms with E-state index in [0.29, 0.717) is 22.1 Å². The molecule has 2 N–H and O–H groups in total. The molecule has 1 aliphatic carbocycles. The standard InChI is InChI=1S/C25H21N3O3/c29-23(26-17-11-13-18(14-12-17)27-25(31)16-9-10-16)15-28-21-7-3-1-5-19(21)24(30)20-6-2-4-8-22(20)28/h1-8,11-14,16H,9-10,15H2,(H,26,29)(H,27,31). The lowest BCUT2D eigenvalue weighted by molar-refractivity contribution is -0.117. The molecule has 0 bridgehead atoms. The fraction of sp³-hybridized carbons (Fsp3) is 0.160. The monoisotopic (exact) mass is 411 g/mol. The Bertz CT molecular complexity index is 1310. The Morgan fingerprint density at radius 3 is 1.84 bits per heavy atom. The van der Waals surface area contributed by atoms with Crippen molar-refractivity contribution in [2.24, 2.45) is 5.92 Å². The Morgan fingerprint density at radius 2 is 1.29 bits per heavy atom. The minimum Gasteiger partial charge on any atom is -0.331 e. The van der Waals surface area contributed by atoms with Crippen molar-refractivity contribution < 1.29 is 9.59 Å². The van der Waals surface area contributed by atoms with Gasteiger partial charge in [-0.05, 0) is 61.4 Å². The third-order valence-corrected chi connectivity index (χ3v) is 5.56. The van der Waals surface area contributed by atoms with Crippen LogP contribution in [0.3, 0.4) is 0 Å². The van der Waals surface area contributed by atoms with E-state index in [0.717, 1.165) is 23.9 Å². The van der Waals surface area contributed by atoms with Crippen LogP contribution in [0.4, 0.5) is 11.4 Å². The molecule has 0 spiro atoms. The number of fused-ring (bicyclic) bond motifs is 2. The largest absolute Gasteiger partial charge is 0.331 e. The van der Waals surface area contributed by atoms with Gasteiger partial charge in [0.25, 0.3) is 0 Å². The van der Waals surface area contributed by atoms with Crippen LogP contribution in [0.25, 0.3) is 21.8 Å². The molecule has 4 aromatic rings. The highest BCUT2D eigenvalue weighted by atomic mass is 16.2. The highest BCUT2D eigenvalue weighted by Crippen LogP contribution is 2.30. The molecule has 0 aliphatic heterocycles. The van der Waals surface area contributed by atoms with E-state index < -0.39 is 0 Å². The minimum absolute atomic E-state index is 0.0355. The summed E-state index contributed by atoms with van der Waals surface area (Å²) in [5.41, 5.74) is 2.77. The summed E-state index contributed by atoms with van der Waals surface area (Å²) in [5, 5.41) is 6.96. The fourth-order valence-corrected chi connectivity index (χ4v) is 3.82. The van der Waals surface area contributed by atoms with E-state index in [9.17, 15) is 14.4 Å². The predicted molar refractivity (Wildman–Crippen MR) is 122 cm³/mol. The molecule has 0 radical (unpaired) electrons. The normalized spacial score (nSPS) is 13.3. The van der Waals surface area contributed by atoms with Crippen molar-refractivity contribution in [3.8, 4) is 0 Å². The third kappa shape index (κ3) is 3.80. The van der Waals surface area contributed by atoms with Gasteiger partial charge in [0.2, 0.25) is 11.8 Å². The van der Waals surface area contributed by atoms with Crippen LogP contribution < -0.4 is 16.1 Å². The van der Waals surface area contributed by atoms with Crippen LogP contribution in [-0.2, 0) is 16.1 Å². The number of carbonyl (C=O) groups is 2. The zero-order valence-corrected chi connectivity index (χ0v) is 16.8. The maximum atomic E-state index is 12.8. The number of para-hydroxylation sites is 2. The maximum Gasteiger partial charge on any atom is 0.244 e. The molecule has 1 fully saturated rings. The fourth-order valence-electron chi connectivity index (χ4n) is 3.82. The molecule has 1 aliphatic rings. The Balaban J connectivity index is 1.39. The molecule has 5 rings (SSSR count). The summed E-state index contributed by atoms with van der Waals surface area (Å²) in [7, 11) is 0. The van der Waals surface area contributed by atoms with Gasteiger partial charge in [-0.2, -0.15) is 0 Å². The zero-order valence-electron chi connectivity index (χ0n) is 16.8. The number of hydrogen-bond acceptors (Lipinski definition) is 3. The number of hydrogen-bond donors (Lipinski definition) is 2. The van der Waals surface area contributed by atoms with Crippen LogP contribution in [0.2, 0.25) is 0 Å². The highest BCUT2D eigenvalue weighted by molar-refractivity contribution is 5.98. The van der Waals surface area contributed by atoms with Crippen LogP contribution in [0, 0.1) is 5.92 Å². The number of carbonyl (C=O) groups excluding carboxylic acids is 2. The number of rotatable bonds is 5. The molecular formula is C25H21N3O3. The summed E-state index contributed by atoms with van der Waals surface area (Å²) in [4.78, 5) is 37.5. The first-order valence-corrected chi connectivity index (χ1v) is 10.3. The SMILES string of the molecule is O=C(Cn1c2ccccc2c(=O)c2ccccc21)Nc1ccc(NC(=O)C2CC2)cc1. The Morgan fingerprint density at radius 1 is 0.774 bits per heavy atom. The summed E-state index contributed by atoms with van der Waals surface area (Å²) in [6.07, 6.45) is 1.91. The summed E-state index contributed by atoms with van der Waals surface area (Å²) in [5.74, 6) is -0.0101. The molecular weight excluding hydrogens is 390 g/mol. The van der Waals surface area contributed by atoms with Gasteiger partial charge in [0, 0.05) is 28.1 Å². The molecule has 31 heavy (non-hydrogen) atoms. The molecule has 0 atom stereocenters. The van der Waals surface area contributed by atoms with Crippen molar-refractivity contribution in [3.05, 3.63) is 83.0 Å². The first-order valence-electron chi connectivity index (χ1n) is 10.3. The lowest BCUT2D eigenvalue weighted by atomic mass is 10.1. The van der Waals surface area contributed by atoms with Crippen molar-refractivity contribution in [1.82, 2.24) is 4.57 Å². The second kappa shape index (κ2) is 7.72. The van der Waals surface area contributed by atoms with Crippen LogP contribution >= 0.6 is 0 Å². The number of benzene rings is 3. The Kier molecular flexibility index (Phi) is 4.75. The number of nitrogens with one attached hydrogen (secondary N) is 2. The Hall–Kier alpha value is -3.93. The second-order valence-corrected chi connectivity index (χ2v) is 7.84. The first-order chi connectivity index (χ1) is 15.1. The number of pyridine rings is 1. The van der Waals surface area contributed by atoms with Gasteiger partial charge in [0.05, 0.1) is 11.0 Å². The number of anilines is 2. The van der Waals surface area contributed by atoms with Crippen LogP contribution in [-0.4, -0.2) is 16.4 Å². The second-order valence-electron chi connectivity index (χ2n) is 7.84. The summed E-state index contributed by atoms with van der Waals surface area (Å²) in [6, 6.07) is 21.7. The molecule has 3 aromatic carbocycles. The molecule has 0 unspecified atom stereocenters. The molecule has 1 saturated carbocycles. The van der Waals surface area contributed by atoms with Gasteiger partial charge in [0.15, 0.2) is 5.43 Å². The average molecular weight is 411 g/mol. The zero-order chi connectivity index (χ0) is 21.4. The predicted octanol–water partition coefficient (Wildman–Crippen LogP) is 4.14. The first kappa shape index (κ1) is 19.1. The summed E-state index contributed by atoms with van der Waals surface area (Å²) < 4.78 is 1.87. The third-order valence-electron chi connectivity index (χ3n) is 5.56. The molecule has 0 saturated heterocycles.